The van der Waals surface area contributed by atoms with E-state index in [1.165, 1.54) is 25.3 Å². The van der Waals surface area contributed by atoms with E-state index in [9.17, 15) is 23.8 Å². The van der Waals surface area contributed by atoms with Gasteiger partial charge >= 0.3 is 0 Å². The van der Waals surface area contributed by atoms with Gasteiger partial charge in [0, 0.05) is 30.9 Å². The number of carbonyl (C=O) groups excluding carboxylic acids is 1. The van der Waals surface area contributed by atoms with E-state index < -0.39 is 23.3 Å². The standard InChI is InChI=1S/C27H28F2N2O4/c1-15-9-16(11-25(33)27(15,2)34)19-7-8-30-14-17(19)10-24(32)22-5-4-6-23(31-22)26-20(28)12-18(35-3)13-21(26)29/h4-8,12-16,25,33-34H,9-11H2,1-3H3/t15-,16+,25+,27+/m0/s1. The molecule has 35 heavy (non-hydrogen) atoms. The van der Waals surface area contributed by atoms with Crippen LogP contribution in [0.1, 0.15) is 54.2 Å². The lowest BCUT2D eigenvalue weighted by molar-refractivity contribution is -0.123. The number of ketones is 1. The molecule has 0 bridgehead atoms. The van der Waals surface area contributed by atoms with Gasteiger partial charge in [-0.05, 0) is 60.9 Å². The first-order valence-electron chi connectivity index (χ1n) is 11.5. The highest BCUT2D eigenvalue weighted by molar-refractivity contribution is 5.96. The summed E-state index contributed by atoms with van der Waals surface area (Å²) in [6.45, 7) is 3.54. The maximum Gasteiger partial charge on any atom is 0.185 e. The number of rotatable bonds is 6. The third-order valence-corrected chi connectivity index (χ3v) is 7.09. The van der Waals surface area contributed by atoms with Crippen molar-refractivity contribution in [1.29, 1.82) is 0 Å². The number of Topliss-reactive ketones (excluding diaryl/α,β-unsaturated/α-hetero) is 1. The molecule has 1 aliphatic carbocycles. The van der Waals surface area contributed by atoms with Crippen LogP contribution in [-0.4, -0.2) is 44.8 Å². The number of pyridine rings is 2. The van der Waals surface area contributed by atoms with Crippen LogP contribution in [0, 0.1) is 17.6 Å². The van der Waals surface area contributed by atoms with E-state index in [1.54, 1.807) is 19.3 Å². The van der Waals surface area contributed by atoms with Crippen LogP contribution in [0.4, 0.5) is 8.78 Å². The quantitative estimate of drug-likeness (QED) is 0.504. The number of nitrogens with zero attached hydrogens (tertiary/aromatic N) is 2. The Morgan fingerprint density at radius 2 is 1.91 bits per heavy atom. The molecule has 4 rings (SSSR count). The fourth-order valence-corrected chi connectivity index (χ4v) is 4.74. The summed E-state index contributed by atoms with van der Waals surface area (Å²) in [7, 11) is 1.31. The van der Waals surface area contributed by atoms with Crippen LogP contribution in [0.3, 0.4) is 0 Å². The smallest absolute Gasteiger partial charge is 0.185 e. The second-order valence-electron chi connectivity index (χ2n) is 9.36. The van der Waals surface area contributed by atoms with Crippen LogP contribution < -0.4 is 4.74 Å². The van der Waals surface area contributed by atoms with Crippen LogP contribution >= 0.6 is 0 Å². The van der Waals surface area contributed by atoms with Crippen molar-refractivity contribution < 1.29 is 28.5 Å². The molecule has 2 heterocycles. The third-order valence-electron chi connectivity index (χ3n) is 7.09. The van der Waals surface area contributed by atoms with Crippen molar-refractivity contribution in [2.45, 2.75) is 50.7 Å². The number of aromatic nitrogens is 2. The molecule has 4 atom stereocenters. The van der Waals surface area contributed by atoms with Gasteiger partial charge in [0.2, 0.25) is 0 Å². The van der Waals surface area contributed by atoms with E-state index in [-0.39, 0.29) is 46.7 Å². The Bertz CT molecular complexity index is 1210. The summed E-state index contributed by atoms with van der Waals surface area (Å²) in [6, 6.07) is 8.44. The SMILES string of the molecule is COc1cc(F)c(-c2cccc(C(=O)Cc3cnccc3[C@H]3C[C@@H](O)[C@](C)(O)[C@@H](C)C3)n2)c(F)c1. The number of aliphatic hydroxyl groups is 2. The van der Waals surface area contributed by atoms with E-state index in [0.29, 0.717) is 18.4 Å². The van der Waals surface area contributed by atoms with Gasteiger partial charge in [-0.15, -0.1) is 0 Å². The normalized spacial score (nSPS) is 24.3. The molecule has 0 spiro atoms. The maximum atomic E-state index is 14.5. The van der Waals surface area contributed by atoms with Crippen molar-refractivity contribution in [3.63, 3.8) is 0 Å². The number of benzene rings is 1. The Labute approximate surface area is 202 Å². The summed E-state index contributed by atoms with van der Waals surface area (Å²) < 4.78 is 34.0. The Morgan fingerprint density at radius 3 is 2.57 bits per heavy atom. The predicted octanol–water partition coefficient (Wildman–Crippen LogP) is 4.48. The van der Waals surface area contributed by atoms with Crippen molar-refractivity contribution in [2.24, 2.45) is 5.92 Å². The van der Waals surface area contributed by atoms with Crippen molar-refractivity contribution >= 4 is 5.78 Å². The van der Waals surface area contributed by atoms with Gasteiger partial charge in [0.05, 0.1) is 30.1 Å². The lowest BCUT2D eigenvalue weighted by atomic mass is 9.68. The summed E-state index contributed by atoms with van der Waals surface area (Å²) >= 11 is 0. The maximum absolute atomic E-state index is 14.5. The molecule has 0 amide bonds. The summed E-state index contributed by atoms with van der Waals surface area (Å²) in [5.74, 6) is -2.15. The highest BCUT2D eigenvalue weighted by Gasteiger charge is 2.43. The first kappa shape index (κ1) is 24.9. The number of aliphatic hydroxyl groups excluding tert-OH is 1. The Hall–Kier alpha value is -3.23. The largest absolute Gasteiger partial charge is 0.497 e. The molecule has 8 heteroatoms. The highest BCUT2D eigenvalue weighted by Crippen LogP contribution is 2.42. The second kappa shape index (κ2) is 9.79. The molecule has 2 aromatic heterocycles. The number of hydrogen-bond donors (Lipinski definition) is 2. The van der Waals surface area contributed by atoms with Gasteiger partial charge in [0.1, 0.15) is 23.1 Å². The van der Waals surface area contributed by atoms with Gasteiger partial charge in [0.25, 0.3) is 0 Å². The molecule has 6 nitrogen and oxygen atoms in total. The molecule has 1 saturated carbocycles. The summed E-state index contributed by atoms with van der Waals surface area (Å²) in [5.41, 5.74) is 0.157. The van der Waals surface area contributed by atoms with Crippen molar-refractivity contribution in [3.8, 4) is 17.0 Å². The predicted molar refractivity (Wildman–Crippen MR) is 126 cm³/mol. The summed E-state index contributed by atoms with van der Waals surface area (Å²) in [4.78, 5) is 21.5. The lowest BCUT2D eigenvalue weighted by Crippen LogP contribution is -2.49. The van der Waals surface area contributed by atoms with Gasteiger partial charge in [-0.1, -0.05) is 13.0 Å². The highest BCUT2D eigenvalue weighted by atomic mass is 19.1. The third kappa shape index (κ3) is 4.94. The van der Waals surface area contributed by atoms with E-state index in [1.807, 2.05) is 13.0 Å². The minimum atomic E-state index is -1.17. The van der Waals surface area contributed by atoms with Gasteiger partial charge in [-0.25, -0.2) is 13.8 Å². The lowest BCUT2D eigenvalue weighted by Gasteiger charge is -2.43. The molecule has 1 fully saturated rings. The van der Waals surface area contributed by atoms with Crippen LogP contribution in [-0.2, 0) is 6.42 Å². The molecule has 2 N–H and O–H groups in total. The summed E-state index contributed by atoms with van der Waals surface area (Å²) in [5, 5.41) is 21.0. The summed E-state index contributed by atoms with van der Waals surface area (Å²) in [6.07, 6.45) is 3.38. The monoisotopic (exact) mass is 482 g/mol. The minimum Gasteiger partial charge on any atom is -0.497 e. The number of carbonyl (C=O) groups is 1. The van der Waals surface area contributed by atoms with Crippen LogP contribution in [0.2, 0.25) is 0 Å². The Balaban J connectivity index is 1.60. The number of halogens is 2. The topological polar surface area (TPSA) is 92.5 Å². The number of ether oxygens (including phenoxy) is 1. The molecule has 0 radical (unpaired) electrons. The van der Waals surface area contributed by atoms with Gasteiger partial charge < -0.3 is 14.9 Å². The zero-order valence-corrected chi connectivity index (χ0v) is 19.8. The van der Waals surface area contributed by atoms with Crippen molar-refractivity contribution in [3.05, 3.63) is 77.2 Å². The molecule has 0 unspecified atom stereocenters. The molecule has 184 valence electrons. The Kier molecular flexibility index (Phi) is 6.96. The number of methoxy groups -OCH3 is 1. The van der Waals surface area contributed by atoms with E-state index in [4.69, 9.17) is 4.74 Å². The first-order chi connectivity index (χ1) is 16.6. The Morgan fingerprint density at radius 1 is 1.20 bits per heavy atom. The zero-order chi connectivity index (χ0) is 25.3. The average Bonchev–Trinajstić information content (AvgIpc) is 2.82. The van der Waals surface area contributed by atoms with Gasteiger partial charge in [-0.3, -0.25) is 9.78 Å². The van der Waals surface area contributed by atoms with E-state index in [0.717, 1.165) is 17.7 Å². The molecule has 3 aromatic rings. The molecule has 0 aliphatic heterocycles. The molecule has 0 saturated heterocycles. The fourth-order valence-electron chi connectivity index (χ4n) is 4.74. The van der Waals surface area contributed by atoms with E-state index >= 15 is 0 Å². The fraction of sp³-hybridized carbons (Fsp3) is 0.370. The van der Waals surface area contributed by atoms with Gasteiger partial charge in [0.15, 0.2) is 5.78 Å². The van der Waals surface area contributed by atoms with E-state index in [2.05, 4.69) is 9.97 Å². The number of hydrogen-bond acceptors (Lipinski definition) is 6. The van der Waals surface area contributed by atoms with Crippen LogP contribution in [0.15, 0.2) is 48.8 Å². The van der Waals surface area contributed by atoms with Crippen LogP contribution in [0.5, 0.6) is 5.75 Å². The molecule has 1 aromatic carbocycles. The first-order valence-corrected chi connectivity index (χ1v) is 11.5. The molecule has 1 aliphatic rings. The van der Waals surface area contributed by atoms with Gasteiger partial charge in [-0.2, -0.15) is 0 Å². The molecular weight excluding hydrogens is 454 g/mol. The van der Waals surface area contributed by atoms with Crippen molar-refractivity contribution in [2.75, 3.05) is 7.11 Å². The zero-order valence-electron chi connectivity index (χ0n) is 19.8. The average molecular weight is 483 g/mol. The van der Waals surface area contributed by atoms with Crippen molar-refractivity contribution in [1.82, 2.24) is 9.97 Å². The minimum absolute atomic E-state index is 0.00590. The second-order valence-corrected chi connectivity index (χ2v) is 9.36. The molecular formula is C27H28F2N2O4. The van der Waals surface area contributed by atoms with Crippen LogP contribution in [0.25, 0.3) is 11.3 Å².